The molecule has 168 valence electrons. The lowest BCUT2D eigenvalue weighted by molar-refractivity contribution is 0.290. The first kappa shape index (κ1) is 21.1. The first-order valence-corrected chi connectivity index (χ1v) is 12.9. The molecule has 1 aliphatic rings. The lowest BCUT2D eigenvalue weighted by Crippen LogP contribution is -2.38. The molecule has 0 spiro atoms. The topological polar surface area (TPSA) is 17.3 Å². The van der Waals surface area contributed by atoms with Crippen molar-refractivity contribution in [2.75, 3.05) is 0 Å². The molecule has 1 heterocycles. The maximum atomic E-state index is 5.18. The van der Waals surface area contributed by atoms with Gasteiger partial charge in [-0.05, 0) is 66.3 Å². The molecule has 5 aromatic rings. The maximum absolute atomic E-state index is 5.18. The molecule has 34 heavy (non-hydrogen) atoms. The summed E-state index contributed by atoms with van der Waals surface area (Å²) in [6.45, 7) is 4.33. The Morgan fingerprint density at radius 2 is 1.47 bits per heavy atom. The van der Waals surface area contributed by atoms with Crippen LogP contribution in [0.1, 0.15) is 41.6 Å². The van der Waals surface area contributed by atoms with Gasteiger partial charge < -0.3 is 0 Å². The SMILES string of the molecule is Cc1ccccc1N=c1scc(C2(c3ccc4ccccc4c3)CCC2)n1-c1ccccc1C. The van der Waals surface area contributed by atoms with E-state index in [0.29, 0.717) is 0 Å². The lowest BCUT2D eigenvalue weighted by atomic mass is 9.62. The molecule has 0 aliphatic heterocycles. The standard InChI is InChI=1S/C31H28N2S/c1-22-10-3-7-14-27(22)32-30-33(28-15-8-4-11-23(28)2)29(21-34-30)31(18-9-19-31)26-17-16-24-12-5-6-13-25(24)20-26/h3-8,10-17,20-21H,9,18-19H2,1-2H3. The summed E-state index contributed by atoms with van der Waals surface area (Å²) in [5, 5.41) is 4.97. The zero-order chi connectivity index (χ0) is 23.1. The molecule has 1 fully saturated rings. The van der Waals surface area contributed by atoms with Crippen LogP contribution < -0.4 is 4.80 Å². The Kier molecular flexibility index (Phi) is 5.23. The van der Waals surface area contributed by atoms with Crippen molar-refractivity contribution in [3.63, 3.8) is 0 Å². The van der Waals surface area contributed by atoms with Gasteiger partial charge in [0.2, 0.25) is 0 Å². The smallest absolute Gasteiger partial charge is 0.194 e. The minimum atomic E-state index is 0.0162. The van der Waals surface area contributed by atoms with Crippen molar-refractivity contribution in [2.45, 2.75) is 38.5 Å². The van der Waals surface area contributed by atoms with Crippen LogP contribution >= 0.6 is 11.3 Å². The molecule has 0 atom stereocenters. The van der Waals surface area contributed by atoms with Gasteiger partial charge in [0.1, 0.15) is 0 Å². The van der Waals surface area contributed by atoms with Gasteiger partial charge in [0.15, 0.2) is 4.80 Å². The van der Waals surface area contributed by atoms with Crippen molar-refractivity contribution in [1.82, 2.24) is 4.57 Å². The fourth-order valence-electron chi connectivity index (χ4n) is 5.27. The Balaban J connectivity index is 1.61. The summed E-state index contributed by atoms with van der Waals surface area (Å²) in [5.41, 5.74) is 7.51. The summed E-state index contributed by atoms with van der Waals surface area (Å²) in [6, 6.07) is 32.8. The van der Waals surface area contributed by atoms with Crippen LogP contribution in [0.3, 0.4) is 0 Å². The summed E-state index contributed by atoms with van der Waals surface area (Å²) >= 11 is 1.75. The lowest BCUT2D eigenvalue weighted by Gasteiger charge is -2.43. The van der Waals surface area contributed by atoms with Crippen LogP contribution in [0.25, 0.3) is 16.5 Å². The molecule has 0 bridgehead atoms. The van der Waals surface area contributed by atoms with Gasteiger partial charge in [-0.25, -0.2) is 4.99 Å². The van der Waals surface area contributed by atoms with Gasteiger partial charge in [0, 0.05) is 16.5 Å². The quantitative estimate of drug-likeness (QED) is 0.258. The van der Waals surface area contributed by atoms with Crippen LogP contribution in [0.2, 0.25) is 0 Å². The van der Waals surface area contributed by atoms with Crippen LogP contribution in [0.4, 0.5) is 5.69 Å². The monoisotopic (exact) mass is 460 g/mol. The summed E-state index contributed by atoms with van der Waals surface area (Å²) < 4.78 is 2.43. The molecule has 3 heteroatoms. The molecule has 0 N–H and O–H groups in total. The summed E-state index contributed by atoms with van der Waals surface area (Å²) in [7, 11) is 0. The van der Waals surface area contributed by atoms with Crippen LogP contribution in [0, 0.1) is 13.8 Å². The van der Waals surface area contributed by atoms with Crippen molar-refractivity contribution in [1.29, 1.82) is 0 Å². The average molecular weight is 461 g/mol. The molecule has 6 rings (SSSR count). The maximum Gasteiger partial charge on any atom is 0.194 e. The average Bonchev–Trinajstić information content (AvgIpc) is 3.23. The van der Waals surface area contributed by atoms with E-state index in [1.54, 1.807) is 11.3 Å². The van der Waals surface area contributed by atoms with Gasteiger partial charge >= 0.3 is 0 Å². The molecule has 0 saturated heterocycles. The number of para-hydroxylation sites is 2. The van der Waals surface area contributed by atoms with Crippen molar-refractivity contribution < 1.29 is 0 Å². The number of hydrogen-bond donors (Lipinski definition) is 0. The summed E-state index contributed by atoms with van der Waals surface area (Å²) in [5.74, 6) is 0. The van der Waals surface area contributed by atoms with Gasteiger partial charge in [0.25, 0.3) is 0 Å². The number of aromatic nitrogens is 1. The van der Waals surface area contributed by atoms with Gasteiger partial charge in [-0.3, -0.25) is 4.57 Å². The van der Waals surface area contributed by atoms with E-state index in [4.69, 9.17) is 4.99 Å². The zero-order valence-electron chi connectivity index (χ0n) is 19.7. The minimum Gasteiger partial charge on any atom is -0.288 e. The second kappa shape index (κ2) is 8.41. The Labute approximate surface area is 204 Å². The first-order chi connectivity index (χ1) is 16.7. The summed E-state index contributed by atoms with van der Waals surface area (Å²) in [6.07, 6.45) is 3.58. The van der Waals surface area contributed by atoms with Gasteiger partial charge in [-0.2, -0.15) is 0 Å². The highest BCUT2D eigenvalue weighted by Gasteiger charge is 2.43. The van der Waals surface area contributed by atoms with Crippen molar-refractivity contribution in [3.05, 3.63) is 124 Å². The second-order valence-corrected chi connectivity index (χ2v) is 10.3. The van der Waals surface area contributed by atoms with E-state index in [1.807, 2.05) is 0 Å². The van der Waals surface area contributed by atoms with Crippen LogP contribution in [-0.4, -0.2) is 4.57 Å². The third-order valence-corrected chi connectivity index (χ3v) is 8.22. The molecular weight excluding hydrogens is 432 g/mol. The fourth-order valence-corrected chi connectivity index (χ4v) is 6.27. The number of thiazole rings is 1. The Hall–Kier alpha value is -3.43. The van der Waals surface area contributed by atoms with Gasteiger partial charge in [0.05, 0.1) is 11.4 Å². The number of rotatable bonds is 4. The zero-order valence-corrected chi connectivity index (χ0v) is 20.5. The molecule has 2 nitrogen and oxygen atoms in total. The number of hydrogen-bond acceptors (Lipinski definition) is 2. The number of aryl methyl sites for hydroxylation is 2. The summed E-state index contributed by atoms with van der Waals surface area (Å²) in [4.78, 5) is 6.21. The third-order valence-electron chi connectivity index (χ3n) is 7.40. The van der Waals surface area contributed by atoms with Crippen molar-refractivity contribution in [3.8, 4) is 5.69 Å². The van der Waals surface area contributed by atoms with E-state index in [0.717, 1.165) is 23.3 Å². The highest BCUT2D eigenvalue weighted by molar-refractivity contribution is 7.07. The van der Waals surface area contributed by atoms with Crippen molar-refractivity contribution >= 4 is 27.8 Å². The Morgan fingerprint density at radius 3 is 2.21 bits per heavy atom. The highest BCUT2D eigenvalue weighted by Crippen LogP contribution is 2.50. The van der Waals surface area contributed by atoms with E-state index in [1.165, 1.54) is 45.3 Å². The highest BCUT2D eigenvalue weighted by atomic mass is 32.1. The molecule has 0 unspecified atom stereocenters. The Bertz CT molecular complexity index is 1570. The van der Waals surface area contributed by atoms with E-state index in [-0.39, 0.29) is 5.41 Å². The van der Waals surface area contributed by atoms with E-state index < -0.39 is 0 Å². The number of benzene rings is 4. The largest absolute Gasteiger partial charge is 0.288 e. The van der Waals surface area contributed by atoms with Crippen LogP contribution in [-0.2, 0) is 5.41 Å². The third kappa shape index (κ3) is 3.43. The molecule has 1 aliphatic carbocycles. The molecule has 1 saturated carbocycles. The van der Waals surface area contributed by atoms with Crippen LogP contribution in [0.5, 0.6) is 0 Å². The molecule has 0 amide bonds. The fraction of sp³-hybridized carbons (Fsp3) is 0.194. The predicted molar refractivity (Wildman–Crippen MR) is 143 cm³/mol. The molecule has 1 aromatic heterocycles. The van der Waals surface area contributed by atoms with Crippen molar-refractivity contribution in [2.24, 2.45) is 4.99 Å². The number of fused-ring (bicyclic) bond motifs is 1. The normalized spacial score (nSPS) is 15.4. The first-order valence-electron chi connectivity index (χ1n) is 12.0. The second-order valence-electron chi connectivity index (χ2n) is 9.42. The number of nitrogens with zero attached hydrogens (tertiary/aromatic N) is 2. The van der Waals surface area contributed by atoms with Gasteiger partial charge in [-0.15, -0.1) is 11.3 Å². The molecule has 4 aromatic carbocycles. The van der Waals surface area contributed by atoms with Crippen LogP contribution in [0.15, 0.2) is 101 Å². The predicted octanol–water partition coefficient (Wildman–Crippen LogP) is 8.01. The molecule has 0 radical (unpaired) electrons. The van der Waals surface area contributed by atoms with Gasteiger partial charge in [-0.1, -0.05) is 85.3 Å². The van der Waals surface area contributed by atoms with E-state index in [9.17, 15) is 0 Å². The van der Waals surface area contributed by atoms with E-state index >= 15 is 0 Å². The van der Waals surface area contributed by atoms with E-state index in [2.05, 4.69) is 115 Å². The Morgan fingerprint density at radius 1 is 0.765 bits per heavy atom. The minimum absolute atomic E-state index is 0.0162. The molecular formula is C31H28N2S.